The second kappa shape index (κ2) is 6.08. The summed E-state index contributed by atoms with van der Waals surface area (Å²) in [5.74, 6) is 0.969. The first-order valence-corrected chi connectivity index (χ1v) is 7.87. The third-order valence-corrected chi connectivity index (χ3v) is 4.38. The van der Waals surface area contributed by atoms with Crippen molar-refractivity contribution in [2.45, 2.75) is 19.6 Å². The van der Waals surface area contributed by atoms with E-state index in [9.17, 15) is 5.11 Å². The van der Waals surface area contributed by atoms with E-state index in [0.29, 0.717) is 6.61 Å². The van der Waals surface area contributed by atoms with Crippen molar-refractivity contribution < 1.29 is 9.84 Å². The van der Waals surface area contributed by atoms with Gasteiger partial charge < -0.3 is 14.7 Å². The molecule has 0 fully saturated rings. The van der Waals surface area contributed by atoms with E-state index in [0.717, 1.165) is 34.6 Å². The molecule has 110 valence electrons. The number of fused-ring (bicyclic) bond motifs is 1. The van der Waals surface area contributed by atoms with Gasteiger partial charge in [0.2, 0.25) is 0 Å². The molecule has 2 aromatic rings. The fraction of sp³-hybridized carbons (Fsp3) is 0.294. The van der Waals surface area contributed by atoms with E-state index in [1.165, 1.54) is 5.56 Å². The van der Waals surface area contributed by atoms with Crippen molar-refractivity contribution >= 4 is 21.6 Å². The van der Waals surface area contributed by atoms with Crippen molar-refractivity contribution in [1.29, 1.82) is 0 Å². The average Bonchev–Trinajstić information content (AvgIpc) is 2.69. The van der Waals surface area contributed by atoms with Crippen LogP contribution in [0.15, 0.2) is 46.9 Å². The lowest BCUT2D eigenvalue weighted by Crippen LogP contribution is -2.25. The highest BCUT2D eigenvalue weighted by atomic mass is 79.9. The van der Waals surface area contributed by atoms with E-state index in [2.05, 4.69) is 33.0 Å². The van der Waals surface area contributed by atoms with Crippen LogP contribution in [0.25, 0.3) is 0 Å². The summed E-state index contributed by atoms with van der Waals surface area (Å²) in [5, 5.41) is 9.67. The molecule has 21 heavy (non-hydrogen) atoms. The van der Waals surface area contributed by atoms with Crippen LogP contribution in [0.1, 0.15) is 24.2 Å². The van der Waals surface area contributed by atoms with E-state index >= 15 is 0 Å². The molecule has 0 unspecified atom stereocenters. The van der Waals surface area contributed by atoms with E-state index in [1.54, 1.807) is 6.92 Å². The smallest absolute Gasteiger partial charge is 0.124 e. The SMILES string of the molecule is C[C@H](O)c1ccc(N2CCOc3ccccc3C2)c(Br)c1. The Hall–Kier alpha value is -1.52. The van der Waals surface area contributed by atoms with Gasteiger partial charge in [-0.25, -0.2) is 0 Å². The maximum absolute atomic E-state index is 9.67. The normalized spacial score (nSPS) is 15.9. The molecule has 1 aliphatic heterocycles. The van der Waals surface area contributed by atoms with Gasteiger partial charge in [0.15, 0.2) is 0 Å². The molecule has 0 radical (unpaired) electrons. The molecule has 0 amide bonds. The molecule has 3 nitrogen and oxygen atoms in total. The maximum atomic E-state index is 9.67. The Morgan fingerprint density at radius 2 is 2.05 bits per heavy atom. The summed E-state index contributed by atoms with van der Waals surface area (Å²) in [6.45, 7) is 4.10. The van der Waals surface area contributed by atoms with Crippen LogP contribution in [0.4, 0.5) is 5.69 Å². The lowest BCUT2D eigenvalue weighted by Gasteiger charge is -2.24. The quantitative estimate of drug-likeness (QED) is 0.894. The zero-order chi connectivity index (χ0) is 14.8. The van der Waals surface area contributed by atoms with E-state index in [4.69, 9.17) is 4.74 Å². The van der Waals surface area contributed by atoms with Crippen LogP contribution < -0.4 is 9.64 Å². The van der Waals surface area contributed by atoms with Crippen molar-refractivity contribution in [2.24, 2.45) is 0 Å². The summed E-state index contributed by atoms with van der Waals surface area (Å²) in [5.41, 5.74) is 3.23. The van der Waals surface area contributed by atoms with Gasteiger partial charge in [-0.15, -0.1) is 0 Å². The molecule has 0 saturated carbocycles. The van der Waals surface area contributed by atoms with E-state index < -0.39 is 6.10 Å². The first-order chi connectivity index (χ1) is 10.1. The number of halogens is 1. The fourth-order valence-electron chi connectivity index (χ4n) is 2.57. The highest BCUT2D eigenvalue weighted by Crippen LogP contribution is 2.32. The zero-order valence-corrected chi connectivity index (χ0v) is 13.5. The van der Waals surface area contributed by atoms with Gasteiger partial charge in [0, 0.05) is 16.6 Å². The summed E-state index contributed by atoms with van der Waals surface area (Å²) in [6.07, 6.45) is -0.455. The largest absolute Gasteiger partial charge is 0.491 e. The van der Waals surface area contributed by atoms with Gasteiger partial charge in [0.05, 0.1) is 18.3 Å². The Kier molecular flexibility index (Phi) is 4.17. The molecule has 4 heteroatoms. The van der Waals surface area contributed by atoms with Crippen molar-refractivity contribution in [3.8, 4) is 5.75 Å². The molecule has 3 rings (SSSR count). The third-order valence-electron chi connectivity index (χ3n) is 3.75. The number of hydrogen-bond acceptors (Lipinski definition) is 3. The Balaban J connectivity index is 1.91. The van der Waals surface area contributed by atoms with Gasteiger partial charge in [-0.1, -0.05) is 24.3 Å². The Morgan fingerprint density at radius 3 is 2.81 bits per heavy atom. The molecule has 1 atom stereocenters. The first kappa shape index (κ1) is 14.4. The number of rotatable bonds is 2. The summed E-state index contributed by atoms with van der Waals surface area (Å²) in [4.78, 5) is 2.29. The van der Waals surface area contributed by atoms with Crippen molar-refractivity contribution in [3.63, 3.8) is 0 Å². The second-order valence-electron chi connectivity index (χ2n) is 5.26. The molecule has 0 bridgehead atoms. The molecular weight excluding hydrogens is 330 g/mol. The molecule has 0 spiro atoms. The number of aliphatic hydroxyl groups excluding tert-OH is 1. The van der Waals surface area contributed by atoms with Crippen LogP contribution in [0.3, 0.4) is 0 Å². The lowest BCUT2D eigenvalue weighted by atomic mass is 10.1. The standard InChI is InChI=1S/C17H18BrNO2/c1-12(20)13-6-7-16(15(18)10-13)19-8-9-21-17-5-3-2-4-14(17)11-19/h2-7,10,12,20H,8-9,11H2,1H3/t12-/m0/s1. The highest BCUT2D eigenvalue weighted by Gasteiger charge is 2.17. The third kappa shape index (κ3) is 3.06. The molecule has 0 aliphatic carbocycles. The second-order valence-corrected chi connectivity index (χ2v) is 6.12. The van der Waals surface area contributed by atoms with E-state index in [1.807, 2.05) is 30.3 Å². The molecule has 1 aliphatic rings. The Labute approximate surface area is 133 Å². The van der Waals surface area contributed by atoms with Crippen LogP contribution in [-0.4, -0.2) is 18.3 Å². The predicted octanol–water partition coefficient (Wildman–Crippen LogP) is 3.90. The number of aliphatic hydroxyl groups is 1. The number of nitrogens with zero attached hydrogens (tertiary/aromatic N) is 1. The van der Waals surface area contributed by atoms with E-state index in [-0.39, 0.29) is 0 Å². The lowest BCUT2D eigenvalue weighted by molar-refractivity contribution is 0.199. The predicted molar refractivity (Wildman–Crippen MR) is 87.8 cm³/mol. The first-order valence-electron chi connectivity index (χ1n) is 7.08. The van der Waals surface area contributed by atoms with Gasteiger partial charge in [0.1, 0.15) is 12.4 Å². The van der Waals surface area contributed by atoms with Crippen LogP contribution in [0.2, 0.25) is 0 Å². The number of hydrogen-bond donors (Lipinski definition) is 1. The molecule has 0 aromatic heterocycles. The van der Waals surface area contributed by atoms with Gasteiger partial charge in [0.25, 0.3) is 0 Å². The monoisotopic (exact) mass is 347 g/mol. The van der Waals surface area contributed by atoms with Crippen molar-refractivity contribution in [3.05, 3.63) is 58.1 Å². The van der Waals surface area contributed by atoms with Gasteiger partial charge >= 0.3 is 0 Å². The van der Waals surface area contributed by atoms with Crippen LogP contribution in [0, 0.1) is 0 Å². The van der Waals surface area contributed by atoms with Gasteiger partial charge in [-0.3, -0.25) is 0 Å². The van der Waals surface area contributed by atoms with Gasteiger partial charge in [-0.05, 0) is 46.6 Å². The Bertz CT molecular complexity index is 642. The summed E-state index contributed by atoms with van der Waals surface area (Å²) >= 11 is 3.62. The van der Waals surface area contributed by atoms with Crippen molar-refractivity contribution in [2.75, 3.05) is 18.1 Å². The number of benzene rings is 2. The number of para-hydroxylation sites is 1. The fourth-order valence-corrected chi connectivity index (χ4v) is 3.22. The topological polar surface area (TPSA) is 32.7 Å². The number of ether oxygens (including phenoxy) is 1. The van der Waals surface area contributed by atoms with Crippen molar-refractivity contribution in [1.82, 2.24) is 0 Å². The zero-order valence-electron chi connectivity index (χ0n) is 11.9. The molecule has 1 N–H and O–H groups in total. The molecule has 2 aromatic carbocycles. The van der Waals surface area contributed by atoms with Gasteiger partial charge in [-0.2, -0.15) is 0 Å². The minimum Gasteiger partial charge on any atom is -0.491 e. The minimum absolute atomic E-state index is 0.455. The Morgan fingerprint density at radius 1 is 1.24 bits per heavy atom. The summed E-state index contributed by atoms with van der Waals surface area (Å²) in [7, 11) is 0. The van der Waals surface area contributed by atoms with Crippen LogP contribution >= 0.6 is 15.9 Å². The van der Waals surface area contributed by atoms with Crippen LogP contribution in [-0.2, 0) is 6.54 Å². The summed E-state index contributed by atoms with van der Waals surface area (Å²) in [6, 6.07) is 14.2. The minimum atomic E-state index is -0.455. The van der Waals surface area contributed by atoms with Crippen LogP contribution in [0.5, 0.6) is 5.75 Å². The molecule has 1 heterocycles. The number of anilines is 1. The highest BCUT2D eigenvalue weighted by molar-refractivity contribution is 9.10. The molecular formula is C17H18BrNO2. The molecule has 0 saturated heterocycles. The summed E-state index contributed by atoms with van der Waals surface area (Å²) < 4.78 is 6.81. The maximum Gasteiger partial charge on any atom is 0.124 e. The average molecular weight is 348 g/mol.